The molecule has 0 aliphatic carbocycles. The van der Waals surface area contributed by atoms with Crippen molar-refractivity contribution in [2.45, 2.75) is 39.2 Å². The summed E-state index contributed by atoms with van der Waals surface area (Å²) in [5.74, 6) is -0.0927. The Morgan fingerprint density at radius 3 is 2.28 bits per heavy atom. The van der Waals surface area contributed by atoms with Gasteiger partial charge in [0.1, 0.15) is 6.61 Å². The molecule has 0 aliphatic rings. The molecule has 0 bridgehead atoms. The largest absolute Gasteiger partial charge is 0.375 e. The van der Waals surface area contributed by atoms with E-state index in [1.54, 1.807) is 0 Å². The van der Waals surface area contributed by atoms with Crippen LogP contribution in [0.3, 0.4) is 0 Å². The lowest BCUT2D eigenvalue weighted by Crippen LogP contribution is -2.29. The van der Waals surface area contributed by atoms with Gasteiger partial charge in [0.2, 0.25) is 5.91 Å². The van der Waals surface area contributed by atoms with E-state index in [4.69, 9.17) is 4.74 Å². The maximum Gasteiger partial charge on any atom is 0.246 e. The number of nitrogens with one attached hydrogen (secondary N) is 1. The van der Waals surface area contributed by atoms with Crippen LogP contribution in [0, 0.1) is 0 Å². The molecule has 0 heterocycles. The second kappa shape index (κ2) is 6.01. The van der Waals surface area contributed by atoms with Gasteiger partial charge in [-0.2, -0.15) is 0 Å². The predicted octanol–water partition coefficient (Wildman–Crippen LogP) is 2.81. The molecule has 3 heteroatoms. The van der Waals surface area contributed by atoms with Gasteiger partial charge in [-0.05, 0) is 23.5 Å². The molecule has 0 saturated carbocycles. The van der Waals surface area contributed by atoms with E-state index in [2.05, 4.69) is 50.4 Å². The van der Waals surface area contributed by atoms with Gasteiger partial charge in [-0.3, -0.25) is 4.79 Å². The van der Waals surface area contributed by atoms with E-state index < -0.39 is 0 Å². The van der Waals surface area contributed by atoms with Crippen molar-refractivity contribution in [3.8, 4) is 0 Å². The number of hydrogen-bond donors (Lipinski definition) is 1. The summed E-state index contributed by atoms with van der Waals surface area (Å²) < 4.78 is 4.79. The fourth-order valence-electron chi connectivity index (χ4n) is 1.77. The molecule has 100 valence electrons. The Balaban J connectivity index is 2.70. The van der Waals surface area contributed by atoms with Crippen LogP contribution >= 0.6 is 0 Å². The molecule has 18 heavy (non-hydrogen) atoms. The minimum absolute atomic E-state index is 0.00154. The highest BCUT2D eigenvalue weighted by molar-refractivity contribution is 5.77. The summed E-state index contributed by atoms with van der Waals surface area (Å²) in [6.45, 7) is 8.63. The Bertz CT molecular complexity index is 390. The van der Waals surface area contributed by atoms with Gasteiger partial charge >= 0.3 is 0 Å². The summed E-state index contributed by atoms with van der Waals surface area (Å²) in [7, 11) is 1.52. The molecule has 0 unspecified atom stereocenters. The summed E-state index contributed by atoms with van der Waals surface area (Å²) in [6.07, 6.45) is 0. The minimum atomic E-state index is -0.0927. The maximum atomic E-state index is 11.4. The van der Waals surface area contributed by atoms with Crippen molar-refractivity contribution < 1.29 is 9.53 Å². The molecule has 0 radical (unpaired) electrons. The van der Waals surface area contributed by atoms with Crippen LogP contribution in [-0.4, -0.2) is 19.6 Å². The third-order valence-electron chi connectivity index (χ3n) is 2.93. The SMILES string of the molecule is COCC(=O)N[C@@H](C)c1ccc(C(C)(C)C)cc1. The molecule has 3 nitrogen and oxygen atoms in total. The number of amides is 1. The van der Waals surface area contributed by atoms with Gasteiger partial charge in [-0.1, -0.05) is 45.0 Å². The minimum Gasteiger partial charge on any atom is -0.375 e. The summed E-state index contributed by atoms with van der Waals surface area (Å²) >= 11 is 0. The van der Waals surface area contributed by atoms with Crippen LogP contribution < -0.4 is 5.32 Å². The normalized spacial score (nSPS) is 13.2. The van der Waals surface area contributed by atoms with Crippen LogP contribution in [0.15, 0.2) is 24.3 Å². The Hall–Kier alpha value is -1.35. The number of hydrogen-bond acceptors (Lipinski definition) is 2. The fourth-order valence-corrected chi connectivity index (χ4v) is 1.77. The quantitative estimate of drug-likeness (QED) is 0.891. The first-order valence-electron chi connectivity index (χ1n) is 6.23. The Kier molecular flexibility index (Phi) is 4.91. The molecule has 0 fully saturated rings. The van der Waals surface area contributed by atoms with Crippen LogP contribution in [0.4, 0.5) is 0 Å². The summed E-state index contributed by atoms with van der Waals surface area (Å²) in [5, 5.41) is 2.89. The molecular weight excluding hydrogens is 226 g/mol. The molecular formula is C15H23NO2. The zero-order valence-electron chi connectivity index (χ0n) is 11.9. The molecule has 1 aromatic carbocycles. The molecule has 1 amide bonds. The lowest BCUT2D eigenvalue weighted by Gasteiger charge is -2.20. The van der Waals surface area contributed by atoms with E-state index in [1.807, 2.05) is 6.92 Å². The first kappa shape index (κ1) is 14.7. The maximum absolute atomic E-state index is 11.4. The number of benzene rings is 1. The van der Waals surface area contributed by atoms with Crippen molar-refractivity contribution in [2.24, 2.45) is 0 Å². The first-order chi connectivity index (χ1) is 8.34. The zero-order valence-corrected chi connectivity index (χ0v) is 11.9. The van der Waals surface area contributed by atoms with Crippen LogP contribution in [0.2, 0.25) is 0 Å². The summed E-state index contributed by atoms with van der Waals surface area (Å²) in [4.78, 5) is 11.4. The van der Waals surface area contributed by atoms with Crippen molar-refractivity contribution in [2.75, 3.05) is 13.7 Å². The Morgan fingerprint density at radius 2 is 1.83 bits per heavy atom. The average molecular weight is 249 g/mol. The summed E-state index contributed by atoms with van der Waals surface area (Å²) in [5.41, 5.74) is 2.55. The van der Waals surface area contributed by atoms with Crippen LogP contribution in [0.1, 0.15) is 44.9 Å². The summed E-state index contributed by atoms with van der Waals surface area (Å²) in [6, 6.07) is 8.38. The number of ether oxygens (including phenoxy) is 1. The van der Waals surface area contributed by atoms with Gasteiger partial charge in [0.15, 0.2) is 0 Å². The van der Waals surface area contributed by atoms with Crippen molar-refractivity contribution in [1.29, 1.82) is 0 Å². The third-order valence-corrected chi connectivity index (χ3v) is 2.93. The second-order valence-electron chi connectivity index (χ2n) is 5.59. The van der Waals surface area contributed by atoms with Crippen LogP contribution in [0.25, 0.3) is 0 Å². The van der Waals surface area contributed by atoms with E-state index in [1.165, 1.54) is 12.7 Å². The molecule has 1 atom stereocenters. The average Bonchev–Trinajstić information content (AvgIpc) is 2.28. The van der Waals surface area contributed by atoms with E-state index in [0.717, 1.165) is 5.56 Å². The fraction of sp³-hybridized carbons (Fsp3) is 0.533. The Morgan fingerprint density at radius 1 is 1.28 bits per heavy atom. The van der Waals surface area contributed by atoms with E-state index in [-0.39, 0.29) is 24.0 Å². The van der Waals surface area contributed by atoms with Gasteiger partial charge in [0, 0.05) is 7.11 Å². The zero-order chi connectivity index (χ0) is 13.8. The monoisotopic (exact) mass is 249 g/mol. The predicted molar refractivity (Wildman–Crippen MR) is 73.6 cm³/mol. The van der Waals surface area contributed by atoms with E-state index >= 15 is 0 Å². The van der Waals surface area contributed by atoms with Crippen LogP contribution in [0.5, 0.6) is 0 Å². The van der Waals surface area contributed by atoms with Crippen molar-refractivity contribution in [1.82, 2.24) is 5.32 Å². The van der Waals surface area contributed by atoms with Crippen molar-refractivity contribution in [3.05, 3.63) is 35.4 Å². The van der Waals surface area contributed by atoms with Gasteiger partial charge in [0.25, 0.3) is 0 Å². The molecule has 0 aliphatic heterocycles. The molecule has 0 saturated heterocycles. The van der Waals surface area contributed by atoms with Crippen molar-refractivity contribution >= 4 is 5.91 Å². The molecule has 0 aromatic heterocycles. The van der Waals surface area contributed by atoms with Gasteiger partial charge in [0.05, 0.1) is 6.04 Å². The van der Waals surface area contributed by atoms with Gasteiger partial charge < -0.3 is 10.1 Å². The highest BCUT2D eigenvalue weighted by Gasteiger charge is 2.14. The molecule has 0 spiro atoms. The second-order valence-corrected chi connectivity index (χ2v) is 5.59. The highest BCUT2D eigenvalue weighted by atomic mass is 16.5. The molecule has 1 aromatic rings. The van der Waals surface area contributed by atoms with E-state index in [0.29, 0.717) is 0 Å². The topological polar surface area (TPSA) is 38.3 Å². The number of methoxy groups -OCH3 is 1. The number of rotatable bonds is 4. The standard InChI is InChI=1S/C15H23NO2/c1-11(16-14(17)10-18-5)12-6-8-13(9-7-12)15(2,3)4/h6-9,11H,10H2,1-5H3,(H,16,17)/t11-/m0/s1. The van der Waals surface area contributed by atoms with Crippen molar-refractivity contribution in [3.63, 3.8) is 0 Å². The third kappa shape index (κ3) is 4.15. The molecule has 1 N–H and O–H groups in total. The lowest BCUT2D eigenvalue weighted by atomic mass is 9.86. The number of carbonyl (C=O) groups is 1. The number of carbonyl (C=O) groups excluding carboxylic acids is 1. The Labute approximate surface area is 110 Å². The van der Waals surface area contributed by atoms with E-state index in [9.17, 15) is 4.79 Å². The van der Waals surface area contributed by atoms with Gasteiger partial charge in [-0.15, -0.1) is 0 Å². The smallest absolute Gasteiger partial charge is 0.246 e. The first-order valence-corrected chi connectivity index (χ1v) is 6.23. The lowest BCUT2D eigenvalue weighted by molar-refractivity contribution is -0.125. The van der Waals surface area contributed by atoms with Gasteiger partial charge in [-0.25, -0.2) is 0 Å². The molecule has 1 rings (SSSR count). The highest BCUT2D eigenvalue weighted by Crippen LogP contribution is 2.23. The van der Waals surface area contributed by atoms with Crippen LogP contribution in [-0.2, 0) is 14.9 Å².